The third-order valence-electron chi connectivity index (χ3n) is 4.30. The average molecular weight is 334 g/mol. The maximum Gasteiger partial charge on any atom is 0.0547 e. The van der Waals surface area contributed by atoms with Crippen molar-refractivity contribution >= 4 is 38.3 Å². The number of benzene rings is 3. The molecule has 0 aliphatic rings. The molecule has 0 saturated carbocycles. The highest BCUT2D eigenvalue weighted by Crippen LogP contribution is 2.30. The Morgan fingerprint density at radius 3 is 2.38 bits per heavy atom. The van der Waals surface area contributed by atoms with Crippen LogP contribution in [0.2, 0.25) is 0 Å². The van der Waals surface area contributed by atoms with Crippen LogP contribution in [0.3, 0.4) is 0 Å². The zero-order valence-corrected chi connectivity index (χ0v) is 14.0. The van der Waals surface area contributed by atoms with E-state index in [1.165, 1.54) is 5.39 Å². The van der Waals surface area contributed by atoms with Crippen molar-refractivity contribution in [3.63, 3.8) is 0 Å². The maximum absolute atomic E-state index is 12.5. The molecule has 3 aromatic carbocycles. The fourth-order valence-electron chi connectivity index (χ4n) is 3.18. The number of hydrogen-bond acceptors (Lipinski definition) is 2. The molecule has 0 aliphatic heterocycles. The van der Waals surface area contributed by atoms with Crippen molar-refractivity contribution in [1.29, 1.82) is 0 Å². The molecule has 4 aromatic rings. The molecular formula is C20H18N2OS. The first-order valence-electron chi connectivity index (χ1n) is 7.94. The van der Waals surface area contributed by atoms with E-state index in [0.29, 0.717) is 12.3 Å². The van der Waals surface area contributed by atoms with E-state index in [0.717, 1.165) is 27.0 Å². The molecule has 0 spiro atoms. The lowest BCUT2D eigenvalue weighted by Crippen LogP contribution is -2.07. The van der Waals surface area contributed by atoms with E-state index in [1.807, 2.05) is 54.6 Å². The molecule has 0 radical (unpaired) electrons. The molecule has 120 valence electrons. The molecule has 0 bridgehead atoms. The number of rotatable bonds is 4. The van der Waals surface area contributed by atoms with Crippen molar-refractivity contribution in [1.82, 2.24) is 4.57 Å². The number of aryl methyl sites for hydroxylation is 1. The Kier molecular flexibility index (Phi) is 3.82. The molecule has 2 N–H and O–H groups in total. The monoisotopic (exact) mass is 334 g/mol. The van der Waals surface area contributed by atoms with Crippen molar-refractivity contribution in [3.8, 4) is 0 Å². The molecular weight excluding hydrogens is 316 g/mol. The number of anilines is 1. The summed E-state index contributed by atoms with van der Waals surface area (Å²) >= 11 is 0. The van der Waals surface area contributed by atoms with Crippen molar-refractivity contribution < 1.29 is 4.21 Å². The van der Waals surface area contributed by atoms with Crippen molar-refractivity contribution in [2.75, 3.05) is 11.5 Å². The highest BCUT2D eigenvalue weighted by Gasteiger charge is 2.12. The fraction of sp³-hybridized carbons (Fsp3) is 0.100. The lowest BCUT2D eigenvalue weighted by molar-refractivity contribution is 0.677. The summed E-state index contributed by atoms with van der Waals surface area (Å²) in [5, 5.41) is 2.33. The van der Waals surface area contributed by atoms with Gasteiger partial charge < -0.3 is 10.3 Å². The van der Waals surface area contributed by atoms with Gasteiger partial charge in [-0.15, -0.1) is 0 Å². The lowest BCUT2D eigenvalue weighted by atomic mass is 10.1. The summed E-state index contributed by atoms with van der Waals surface area (Å²) in [5.41, 5.74) is 9.02. The van der Waals surface area contributed by atoms with Gasteiger partial charge >= 0.3 is 0 Å². The predicted octanol–water partition coefficient (Wildman–Crippen LogP) is 4.18. The smallest absolute Gasteiger partial charge is 0.0547 e. The molecule has 1 heterocycles. The lowest BCUT2D eigenvalue weighted by Gasteiger charge is -2.08. The van der Waals surface area contributed by atoms with Gasteiger partial charge in [0.05, 0.1) is 10.8 Å². The van der Waals surface area contributed by atoms with E-state index >= 15 is 0 Å². The molecule has 3 nitrogen and oxygen atoms in total. The topological polar surface area (TPSA) is 48.0 Å². The van der Waals surface area contributed by atoms with E-state index in [4.69, 9.17) is 5.73 Å². The third-order valence-corrected chi connectivity index (χ3v) is 5.65. The summed E-state index contributed by atoms with van der Waals surface area (Å²) in [6.07, 6.45) is 0. The standard InChI is InChI=1S/C20H18N2OS/c21-15-10-11-20-18(14-15)17-8-4-5-9-19(17)22(20)12-13-24(23)16-6-2-1-3-7-16/h1-11,14H,12-13,21H2. The predicted molar refractivity (Wildman–Crippen MR) is 102 cm³/mol. The number of nitrogens with two attached hydrogens (primary N) is 1. The van der Waals surface area contributed by atoms with Gasteiger partial charge in [-0.2, -0.15) is 0 Å². The van der Waals surface area contributed by atoms with Gasteiger partial charge in [0, 0.05) is 44.7 Å². The Hall–Kier alpha value is -2.59. The molecule has 4 heteroatoms. The van der Waals surface area contributed by atoms with Crippen LogP contribution >= 0.6 is 0 Å². The van der Waals surface area contributed by atoms with Gasteiger partial charge in [0.1, 0.15) is 0 Å². The van der Waals surface area contributed by atoms with Crippen molar-refractivity contribution in [2.45, 2.75) is 11.4 Å². The number of fused-ring (bicyclic) bond motifs is 3. The van der Waals surface area contributed by atoms with Crippen LogP contribution in [0, 0.1) is 0 Å². The van der Waals surface area contributed by atoms with Gasteiger partial charge in [-0.1, -0.05) is 36.4 Å². The van der Waals surface area contributed by atoms with Crippen LogP contribution in [0.25, 0.3) is 21.8 Å². The van der Waals surface area contributed by atoms with Crippen molar-refractivity contribution in [3.05, 3.63) is 72.8 Å². The number of para-hydroxylation sites is 1. The summed E-state index contributed by atoms with van der Waals surface area (Å²) < 4.78 is 14.8. The highest BCUT2D eigenvalue weighted by atomic mass is 32.2. The molecule has 0 amide bonds. The molecule has 1 unspecified atom stereocenters. The molecule has 1 aromatic heterocycles. The Labute approximate surface area is 143 Å². The largest absolute Gasteiger partial charge is 0.399 e. The van der Waals surface area contributed by atoms with Gasteiger partial charge in [0.15, 0.2) is 0 Å². The molecule has 0 saturated heterocycles. The second kappa shape index (κ2) is 6.13. The Morgan fingerprint density at radius 2 is 1.54 bits per heavy atom. The summed E-state index contributed by atoms with van der Waals surface area (Å²) in [6, 6.07) is 23.9. The van der Waals surface area contributed by atoms with Crippen LogP contribution in [0.5, 0.6) is 0 Å². The minimum absolute atomic E-state index is 0.585. The van der Waals surface area contributed by atoms with E-state index in [1.54, 1.807) is 0 Å². The minimum Gasteiger partial charge on any atom is -0.399 e. The second-order valence-electron chi connectivity index (χ2n) is 5.81. The van der Waals surface area contributed by atoms with Crippen LogP contribution in [0.15, 0.2) is 77.7 Å². The molecule has 0 fully saturated rings. The van der Waals surface area contributed by atoms with Crippen LogP contribution in [-0.2, 0) is 17.3 Å². The van der Waals surface area contributed by atoms with Gasteiger partial charge in [0.2, 0.25) is 0 Å². The zero-order valence-electron chi connectivity index (χ0n) is 13.2. The SMILES string of the molecule is Nc1ccc2c(c1)c1ccccc1n2CCS(=O)c1ccccc1. The van der Waals surface area contributed by atoms with E-state index in [2.05, 4.69) is 22.8 Å². The minimum atomic E-state index is -1.00. The Bertz CT molecular complexity index is 1040. The summed E-state index contributed by atoms with van der Waals surface area (Å²) in [5.74, 6) is 0.585. The van der Waals surface area contributed by atoms with Crippen LogP contribution in [0.1, 0.15) is 0 Å². The van der Waals surface area contributed by atoms with Gasteiger partial charge in [0.25, 0.3) is 0 Å². The van der Waals surface area contributed by atoms with Crippen molar-refractivity contribution in [2.24, 2.45) is 0 Å². The highest BCUT2D eigenvalue weighted by molar-refractivity contribution is 7.85. The molecule has 0 aliphatic carbocycles. The Balaban J connectivity index is 1.74. The number of aromatic nitrogens is 1. The molecule has 4 rings (SSSR count). The molecule has 24 heavy (non-hydrogen) atoms. The zero-order chi connectivity index (χ0) is 16.5. The summed E-state index contributed by atoms with van der Waals surface area (Å²) in [4.78, 5) is 0.877. The van der Waals surface area contributed by atoms with E-state index in [9.17, 15) is 4.21 Å². The molecule has 1 atom stereocenters. The van der Waals surface area contributed by atoms with Crippen LogP contribution in [0.4, 0.5) is 5.69 Å². The van der Waals surface area contributed by atoms with E-state index in [-0.39, 0.29) is 0 Å². The first-order chi connectivity index (χ1) is 11.7. The second-order valence-corrected chi connectivity index (χ2v) is 7.38. The van der Waals surface area contributed by atoms with Crippen LogP contribution in [-0.4, -0.2) is 14.5 Å². The quantitative estimate of drug-likeness (QED) is 0.569. The van der Waals surface area contributed by atoms with Gasteiger partial charge in [-0.05, 0) is 36.4 Å². The average Bonchev–Trinajstić information content (AvgIpc) is 2.93. The number of nitrogens with zero attached hydrogens (tertiary/aromatic N) is 1. The maximum atomic E-state index is 12.5. The summed E-state index contributed by atoms with van der Waals surface area (Å²) in [6.45, 7) is 0.704. The number of nitrogen functional groups attached to an aromatic ring is 1. The third kappa shape index (κ3) is 2.59. The van der Waals surface area contributed by atoms with Crippen LogP contribution < -0.4 is 5.73 Å². The first kappa shape index (κ1) is 15.0. The van der Waals surface area contributed by atoms with Gasteiger partial charge in [-0.25, -0.2) is 0 Å². The normalized spacial score (nSPS) is 12.7. The Morgan fingerprint density at radius 1 is 0.833 bits per heavy atom. The summed E-state index contributed by atoms with van der Waals surface area (Å²) in [7, 11) is -1.00. The van der Waals surface area contributed by atoms with E-state index < -0.39 is 10.8 Å². The van der Waals surface area contributed by atoms with Gasteiger partial charge in [-0.3, -0.25) is 4.21 Å². The fourth-order valence-corrected chi connectivity index (χ4v) is 4.22. The number of hydrogen-bond donors (Lipinski definition) is 1. The first-order valence-corrected chi connectivity index (χ1v) is 9.26.